The second kappa shape index (κ2) is 14.3. The van der Waals surface area contributed by atoms with Crippen molar-refractivity contribution in [3.8, 4) is 0 Å². The topological polar surface area (TPSA) is 61.4 Å². The summed E-state index contributed by atoms with van der Waals surface area (Å²) in [4.78, 5) is 8.89. The molecule has 32 heavy (non-hydrogen) atoms. The highest BCUT2D eigenvalue weighted by Gasteiger charge is 2.18. The van der Waals surface area contributed by atoms with Gasteiger partial charge in [0, 0.05) is 72.7 Å². The zero-order chi connectivity index (χ0) is 22.4. The van der Waals surface area contributed by atoms with Gasteiger partial charge in [-0.05, 0) is 50.3 Å². The SMILES string of the molecule is CN=C(NCCCOCC1CCOCC1)NCCCN1CCN(c2ccccc2F)CC1. The van der Waals surface area contributed by atoms with Gasteiger partial charge in [-0.15, -0.1) is 0 Å². The molecule has 2 N–H and O–H groups in total. The van der Waals surface area contributed by atoms with Crippen LogP contribution in [0.15, 0.2) is 29.3 Å². The minimum atomic E-state index is -0.130. The summed E-state index contributed by atoms with van der Waals surface area (Å²) in [6.45, 7) is 9.83. The van der Waals surface area contributed by atoms with E-state index in [1.54, 1.807) is 13.1 Å². The lowest BCUT2D eigenvalue weighted by atomic mass is 10.0. The van der Waals surface area contributed by atoms with E-state index >= 15 is 0 Å². The number of hydrogen-bond donors (Lipinski definition) is 2. The van der Waals surface area contributed by atoms with Crippen molar-refractivity contribution >= 4 is 11.6 Å². The lowest BCUT2D eigenvalue weighted by molar-refractivity contribution is 0.0203. The highest BCUT2D eigenvalue weighted by molar-refractivity contribution is 5.79. The predicted octanol–water partition coefficient (Wildman–Crippen LogP) is 2.34. The molecule has 1 aromatic rings. The minimum Gasteiger partial charge on any atom is -0.381 e. The first-order valence-corrected chi connectivity index (χ1v) is 12.1. The zero-order valence-corrected chi connectivity index (χ0v) is 19.5. The third-order valence-corrected chi connectivity index (χ3v) is 6.18. The van der Waals surface area contributed by atoms with Gasteiger partial charge in [-0.3, -0.25) is 9.89 Å². The van der Waals surface area contributed by atoms with Crippen LogP contribution in [0, 0.1) is 11.7 Å². The quantitative estimate of drug-likeness (QED) is 0.307. The molecule has 7 nitrogen and oxygen atoms in total. The molecule has 0 aromatic heterocycles. The molecule has 0 amide bonds. The Morgan fingerprint density at radius 3 is 2.53 bits per heavy atom. The molecular formula is C24H40FN5O2. The van der Waals surface area contributed by atoms with Gasteiger partial charge in [0.1, 0.15) is 5.82 Å². The molecular weight excluding hydrogens is 409 g/mol. The average Bonchev–Trinajstić information content (AvgIpc) is 2.84. The van der Waals surface area contributed by atoms with Crippen LogP contribution in [0.25, 0.3) is 0 Å². The molecule has 0 radical (unpaired) electrons. The fraction of sp³-hybridized carbons (Fsp3) is 0.708. The summed E-state index contributed by atoms with van der Waals surface area (Å²) in [6, 6.07) is 7.05. The average molecular weight is 450 g/mol. The van der Waals surface area contributed by atoms with E-state index in [1.165, 1.54) is 6.07 Å². The van der Waals surface area contributed by atoms with Gasteiger partial charge in [-0.2, -0.15) is 0 Å². The standard InChI is InChI=1S/C24H40FN5O2/c1-26-24(28-11-5-17-32-20-21-8-18-31-19-9-21)27-10-4-12-29-13-15-30(16-14-29)23-7-3-2-6-22(23)25/h2-3,6-7,21H,4-5,8-20H2,1H3,(H2,26,27,28). The first-order valence-electron chi connectivity index (χ1n) is 12.1. The zero-order valence-electron chi connectivity index (χ0n) is 19.5. The van der Waals surface area contributed by atoms with Gasteiger partial charge in [-0.25, -0.2) is 4.39 Å². The number of aliphatic imine (C=N–C) groups is 1. The van der Waals surface area contributed by atoms with E-state index in [2.05, 4.69) is 25.4 Å². The summed E-state index contributed by atoms with van der Waals surface area (Å²) in [5.41, 5.74) is 0.720. The number of ether oxygens (including phenoxy) is 2. The molecule has 0 aliphatic carbocycles. The van der Waals surface area contributed by atoms with Crippen molar-refractivity contribution in [1.29, 1.82) is 0 Å². The van der Waals surface area contributed by atoms with Crippen LogP contribution in [0.4, 0.5) is 10.1 Å². The number of rotatable bonds is 11. The van der Waals surface area contributed by atoms with Crippen molar-refractivity contribution in [2.75, 3.05) is 84.2 Å². The van der Waals surface area contributed by atoms with Gasteiger partial charge in [-0.1, -0.05) is 12.1 Å². The molecule has 180 valence electrons. The lowest BCUT2D eigenvalue weighted by Gasteiger charge is -2.36. The Labute approximate surface area is 192 Å². The van der Waals surface area contributed by atoms with Crippen molar-refractivity contribution in [3.05, 3.63) is 30.1 Å². The fourth-order valence-electron chi connectivity index (χ4n) is 4.19. The molecule has 0 bridgehead atoms. The third kappa shape index (κ3) is 8.56. The highest BCUT2D eigenvalue weighted by atomic mass is 19.1. The fourth-order valence-corrected chi connectivity index (χ4v) is 4.19. The maximum Gasteiger partial charge on any atom is 0.190 e. The molecule has 8 heteroatoms. The van der Waals surface area contributed by atoms with Gasteiger partial charge in [0.2, 0.25) is 0 Å². The first kappa shape index (κ1) is 24.7. The number of nitrogens with zero attached hydrogens (tertiary/aromatic N) is 3. The van der Waals surface area contributed by atoms with E-state index < -0.39 is 0 Å². The predicted molar refractivity (Wildman–Crippen MR) is 128 cm³/mol. The van der Waals surface area contributed by atoms with E-state index in [0.29, 0.717) is 5.92 Å². The van der Waals surface area contributed by atoms with Gasteiger partial charge < -0.3 is 25.0 Å². The summed E-state index contributed by atoms with van der Waals surface area (Å²) in [5, 5.41) is 6.75. The molecule has 2 heterocycles. The molecule has 0 unspecified atom stereocenters. The van der Waals surface area contributed by atoms with Crippen LogP contribution in [-0.2, 0) is 9.47 Å². The number of para-hydroxylation sites is 1. The normalized spacial score (nSPS) is 18.7. The van der Waals surface area contributed by atoms with Gasteiger partial charge in [0.25, 0.3) is 0 Å². The minimum absolute atomic E-state index is 0.130. The van der Waals surface area contributed by atoms with Crippen LogP contribution >= 0.6 is 0 Å². The van der Waals surface area contributed by atoms with E-state index in [0.717, 1.165) is 110 Å². The first-order chi connectivity index (χ1) is 15.8. The van der Waals surface area contributed by atoms with E-state index in [1.807, 2.05) is 12.1 Å². The van der Waals surface area contributed by atoms with Gasteiger partial charge in [0.15, 0.2) is 5.96 Å². The molecule has 2 aliphatic heterocycles. The summed E-state index contributed by atoms with van der Waals surface area (Å²) in [7, 11) is 1.80. The second-order valence-electron chi connectivity index (χ2n) is 8.54. The Balaban J connectivity index is 1.19. The number of halogens is 1. The van der Waals surface area contributed by atoms with E-state index in [-0.39, 0.29) is 5.82 Å². The van der Waals surface area contributed by atoms with Crippen molar-refractivity contribution < 1.29 is 13.9 Å². The number of guanidine groups is 1. The smallest absolute Gasteiger partial charge is 0.190 e. The van der Waals surface area contributed by atoms with Crippen molar-refractivity contribution in [1.82, 2.24) is 15.5 Å². The van der Waals surface area contributed by atoms with E-state index in [4.69, 9.17) is 9.47 Å². The molecule has 0 spiro atoms. The van der Waals surface area contributed by atoms with Crippen LogP contribution in [0.3, 0.4) is 0 Å². The van der Waals surface area contributed by atoms with Crippen LogP contribution in [0.5, 0.6) is 0 Å². The Morgan fingerprint density at radius 1 is 1.09 bits per heavy atom. The molecule has 2 saturated heterocycles. The largest absolute Gasteiger partial charge is 0.381 e. The summed E-state index contributed by atoms with van der Waals surface area (Å²) >= 11 is 0. The van der Waals surface area contributed by atoms with E-state index in [9.17, 15) is 4.39 Å². The monoisotopic (exact) mass is 449 g/mol. The molecule has 0 atom stereocenters. The van der Waals surface area contributed by atoms with Crippen molar-refractivity contribution in [2.24, 2.45) is 10.9 Å². The summed E-state index contributed by atoms with van der Waals surface area (Å²) in [6.07, 6.45) is 4.26. The molecule has 0 saturated carbocycles. The number of anilines is 1. The van der Waals surface area contributed by atoms with Gasteiger partial charge in [0.05, 0.1) is 5.69 Å². The lowest BCUT2D eigenvalue weighted by Crippen LogP contribution is -2.47. The highest BCUT2D eigenvalue weighted by Crippen LogP contribution is 2.20. The van der Waals surface area contributed by atoms with Crippen molar-refractivity contribution in [3.63, 3.8) is 0 Å². The number of hydrogen-bond acceptors (Lipinski definition) is 5. The Morgan fingerprint density at radius 2 is 1.81 bits per heavy atom. The Bertz CT molecular complexity index is 676. The molecule has 2 aliphatic rings. The van der Waals surface area contributed by atoms with Crippen LogP contribution in [-0.4, -0.2) is 90.1 Å². The number of nitrogens with one attached hydrogen (secondary N) is 2. The van der Waals surface area contributed by atoms with Crippen LogP contribution in [0.1, 0.15) is 25.7 Å². The molecule has 1 aromatic carbocycles. The molecule has 3 rings (SSSR count). The summed E-state index contributed by atoms with van der Waals surface area (Å²) in [5.74, 6) is 1.38. The Kier molecular flexibility index (Phi) is 11.0. The third-order valence-electron chi connectivity index (χ3n) is 6.18. The molecule has 2 fully saturated rings. The second-order valence-corrected chi connectivity index (χ2v) is 8.54. The number of benzene rings is 1. The van der Waals surface area contributed by atoms with Crippen LogP contribution < -0.4 is 15.5 Å². The Hall–Kier alpha value is -1.90. The van der Waals surface area contributed by atoms with Gasteiger partial charge >= 0.3 is 0 Å². The van der Waals surface area contributed by atoms with Crippen LogP contribution in [0.2, 0.25) is 0 Å². The number of piperazine rings is 1. The van der Waals surface area contributed by atoms with Crippen molar-refractivity contribution in [2.45, 2.75) is 25.7 Å². The maximum absolute atomic E-state index is 14.0. The maximum atomic E-state index is 14.0. The summed E-state index contributed by atoms with van der Waals surface area (Å²) < 4.78 is 25.2.